The number of hydrogen-bond acceptors (Lipinski definition) is 3. The summed E-state index contributed by atoms with van der Waals surface area (Å²) in [7, 11) is 0. The van der Waals surface area contributed by atoms with Gasteiger partial charge in [0.15, 0.2) is 0 Å². The molecule has 1 N–H and O–H groups in total. The minimum absolute atomic E-state index is 0.0790. The van der Waals surface area contributed by atoms with E-state index in [4.69, 9.17) is 5.11 Å². The van der Waals surface area contributed by atoms with Crippen molar-refractivity contribution in [2.75, 3.05) is 0 Å². The van der Waals surface area contributed by atoms with Gasteiger partial charge in [-0.05, 0) is 25.0 Å². The molecule has 1 aliphatic rings. The van der Waals surface area contributed by atoms with Gasteiger partial charge in [-0.2, -0.15) is 0 Å². The topological polar surface area (TPSA) is 68.0 Å². The number of rotatable bonds is 5. The molecule has 1 fully saturated rings. The van der Waals surface area contributed by atoms with E-state index in [0.717, 1.165) is 30.2 Å². The van der Waals surface area contributed by atoms with E-state index in [0.29, 0.717) is 12.3 Å². The number of aryl methyl sites for hydroxylation is 1. The summed E-state index contributed by atoms with van der Waals surface area (Å²) in [5.74, 6) is 1.36. The standard InChI is InChI=1S/C14H15N3O2/c18-13(19)9-8-12-15-16-14(10-6-7-10)17(12)11-4-2-1-3-5-11/h1-5,10H,6-9H2,(H,18,19). The highest BCUT2D eigenvalue weighted by atomic mass is 16.4. The van der Waals surface area contributed by atoms with E-state index >= 15 is 0 Å². The molecule has 1 saturated carbocycles. The largest absolute Gasteiger partial charge is 0.481 e. The summed E-state index contributed by atoms with van der Waals surface area (Å²) in [4.78, 5) is 10.7. The average Bonchev–Trinajstić information content (AvgIpc) is 3.17. The lowest BCUT2D eigenvalue weighted by Crippen LogP contribution is -2.07. The molecule has 0 bridgehead atoms. The first-order chi connectivity index (χ1) is 9.25. The van der Waals surface area contributed by atoms with Crippen LogP contribution in [0.15, 0.2) is 30.3 Å². The highest BCUT2D eigenvalue weighted by Crippen LogP contribution is 2.40. The Labute approximate surface area is 110 Å². The van der Waals surface area contributed by atoms with E-state index in [2.05, 4.69) is 10.2 Å². The lowest BCUT2D eigenvalue weighted by molar-refractivity contribution is -0.137. The summed E-state index contributed by atoms with van der Waals surface area (Å²) >= 11 is 0. The zero-order valence-corrected chi connectivity index (χ0v) is 10.5. The summed E-state index contributed by atoms with van der Waals surface area (Å²) in [6, 6.07) is 9.89. The third-order valence-corrected chi connectivity index (χ3v) is 3.27. The van der Waals surface area contributed by atoms with E-state index in [9.17, 15) is 4.79 Å². The van der Waals surface area contributed by atoms with Crippen molar-refractivity contribution in [3.8, 4) is 5.69 Å². The molecule has 1 heterocycles. The van der Waals surface area contributed by atoms with Gasteiger partial charge in [0.1, 0.15) is 11.6 Å². The molecular formula is C14H15N3O2. The number of nitrogens with zero attached hydrogens (tertiary/aromatic N) is 3. The number of para-hydroxylation sites is 1. The molecule has 0 radical (unpaired) electrons. The van der Waals surface area contributed by atoms with Crippen LogP contribution in [0.4, 0.5) is 0 Å². The van der Waals surface area contributed by atoms with Crippen LogP contribution in [-0.2, 0) is 11.2 Å². The Bertz CT molecular complexity index is 588. The molecular weight excluding hydrogens is 242 g/mol. The second kappa shape index (κ2) is 4.84. The van der Waals surface area contributed by atoms with Crippen molar-refractivity contribution in [3.05, 3.63) is 42.0 Å². The van der Waals surface area contributed by atoms with Crippen LogP contribution in [0.5, 0.6) is 0 Å². The van der Waals surface area contributed by atoms with Gasteiger partial charge >= 0.3 is 5.97 Å². The summed E-state index contributed by atoms with van der Waals surface area (Å²) in [5.41, 5.74) is 1.01. The predicted octanol–water partition coefficient (Wildman–Crippen LogP) is 2.16. The van der Waals surface area contributed by atoms with Crippen molar-refractivity contribution in [1.82, 2.24) is 14.8 Å². The van der Waals surface area contributed by atoms with Gasteiger partial charge in [0, 0.05) is 18.0 Å². The van der Waals surface area contributed by atoms with Crippen LogP contribution < -0.4 is 0 Å². The number of hydrogen-bond donors (Lipinski definition) is 1. The van der Waals surface area contributed by atoms with Crippen molar-refractivity contribution >= 4 is 5.97 Å². The maximum absolute atomic E-state index is 10.7. The maximum atomic E-state index is 10.7. The molecule has 5 nitrogen and oxygen atoms in total. The molecule has 0 spiro atoms. The molecule has 0 aliphatic heterocycles. The second-order valence-electron chi connectivity index (χ2n) is 4.81. The van der Waals surface area contributed by atoms with E-state index < -0.39 is 5.97 Å². The van der Waals surface area contributed by atoms with Crippen LogP contribution in [-0.4, -0.2) is 25.8 Å². The third-order valence-electron chi connectivity index (χ3n) is 3.27. The van der Waals surface area contributed by atoms with Gasteiger partial charge in [-0.25, -0.2) is 0 Å². The Hall–Kier alpha value is -2.17. The van der Waals surface area contributed by atoms with E-state index in [1.54, 1.807) is 0 Å². The lowest BCUT2D eigenvalue weighted by Gasteiger charge is -2.09. The van der Waals surface area contributed by atoms with Crippen LogP contribution in [0.1, 0.15) is 36.8 Å². The SMILES string of the molecule is O=C(O)CCc1nnc(C2CC2)n1-c1ccccc1. The number of aromatic nitrogens is 3. The molecule has 1 aliphatic carbocycles. The van der Waals surface area contributed by atoms with Crippen LogP contribution in [0, 0.1) is 0 Å². The van der Waals surface area contributed by atoms with E-state index in [1.807, 2.05) is 34.9 Å². The fraction of sp³-hybridized carbons (Fsp3) is 0.357. The first-order valence-electron chi connectivity index (χ1n) is 6.47. The monoisotopic (exact) mass is 257 g/mol. The van der Waals surface area contributed by atoms with Crippen LogP contribution in [0.2, 0.25) is 0 Å². The van der Waals surface area contributed by atoms with Crippen LogP contribution in [0.3, 0.4) is 0 Å². The Morgan fingerprint density at radius 3 is 2.63 bits per heavy atom. The van der Waals surface area contributed by atoms with Gasteiger partial charge in [-0.1, -0.05) is 18.2 Å². The minimum Gasteiger partial charge on any atom is -0.481 e. The summed E-state index contributed by atoms with van der Waals surface area (Å²) in [6.45, 7) is 0. The molecule has 0 atom stereocenters. The van der Waals surface area contributed by atoms with Crippen molar-refractivity contribution in [2.24, 2.45) is 0 Å². The Morgan fingerprint density at radius 2 is 2.00 bits per heavy atom. The van der Waals surface area contributed by atoms with Gasteiger partial charge in [0.2, 0.25) is 0 Å². The van der Waals surface area contributed by atoms with Gasteiger partial charge in [0.05, 0.1) is 6.42 Å². The van der Waals surface area contributed by atoms with Crippen molar-refractivity contribution < 1.29 is 9.90 Å². The van der Waals surface area contributed by atoms with Crippen molar-refractivity contribution in [1.29, 1.82) is 0 Å². The summed E-state index contributed by atoms with van der Waals surface area (Å²) in [6.07, 6.45) is 2.77. The molecule has 0 saturated heterocycles. The Morgan fingerprint density at radius 1 is 1.26 bits per heavy atom. The molecule has 98 valence electrons. The number of carbonyl (C=O) groups is 1. The third kappa shape index (κ3) is 2.50. The molecule has 2 aromatic rings. The summed E-state index contributed by atoms with van der Waals surface area (Å²) < 4.78 is 2.01. The maximum Gasteiger partial charge on any atom is 0.303 e. The first kappa shape index (κ1) is 11.9. The zero-order valence-electron chi connectivity index (χ0n) is 10.5. The quantitative estimate of drug-likeness (QED) is 0.891. The van der Waals surface area contributed by atoms with Gasteiger partial charge in [0.25, 0.3) is 0 Å². The van der Waals surface area contributed by atoms with E-state index in [1.165, 1.54) is 0 Å². The number of carboxylic acids is 1. The number of aliphatic carboxylic acids is 1. The second-order valence-corrected chi connectivity index (χ2v) is 4.81. The highest BCUT2D eigenvalue weighted by Gasteiger charge is 2.30. The molecule has 0 unspecified atom stereocenters. The average molecular weight is 257 g/mol. The Balaban J connectivity index is 1.98. The number of benzene rings is 1. The molecule has 1 aromatic heterocycles. The predicted molar refractivity (Wildman–Crippen MR) is 69.3 cm³/mol. The van der Waals surface area contributed by atoms with Crippen LogP contribution in [0.25, 0.3) is 5.69 Å². The van der Waals surface area contributed by atoms with E-state index in [-0.39, 0.29) is 6.42 Å². The van der Waals surface area contributed by atoms with Crippen molar-refractivity contribution in [3.63, 3.8) is 0 Å². The summed E-state index contributed by atoms with van der Waals surface area (Å²) in [5, 5.41) is 17.2. The van der Waals surface area contributed by atoms with Crippen LogP contribution >= 0.6 is 0 Å². The lowest BCUT2D eigenvalue weighted by atomic mass is 10.2. The fourth-order valence-corrected chi connectivity index (χ4v) is 2.18. The molecule has 0 amide bonds. The minimum atomic E-state index is -0.810. The number of carboxylic acid groups (broad SMARTS) is 1. The van der Waals surface area contributed by atoms with Gasteiger partial charge in [-0.3, -0.25) is 9.36 Å². The molecule has 3 rings (SSSR count). The normalized spacial score (nSPS) is 14.5. The van der Waals surface area contributed by atoms with Gasteiger partial charge in [-0.15, -0.1) is 10.2 Å². The Kier molecular flexibility index (Phi) is 3.03. The molecule has 19 heavy (non-hydrogen) atoms. The fourth-order valence-electron chi connectivity index (χ4n) is 2.18. The zero-order chi connectivity index (χ0) is 13.2. The molecule has 5 heteroatoms. The highest BCUT2D eigenvalue weighted by molar-refractivity contribution is 5.66. The smallest absolute Gasteiger partial charge is 0.303 e. The van der Waals surface area contributed by atoms with Gasteiger partial charge < -0.3 is 5.11 Å². The van der Waals surface area contributed by atoms with Crippen molar-refractivity contribution in [2.45, 2.75) is 31.6 Å². The first-order valence-corrected chi connectivity index (χ1v) is 6.47. The molecule has 1 aromatic carbocycles.